The van der Waals surface area contributed by atoms with Crippen LogP contribution in [0.4, 0.5) is 11.5 Å². The van der Waals surface area contributed by atoms with Gasteiger partial charge >= 0.3 is 0 Å². The van der Waals surface area contributed by atoms with Gasteiger partial charge in [0.15, 0.2) is 0 Å². The Morgan fingerprint density at radius 2 is 1.91 bits per heavy atom. The number of thiophene rings is 1. The highest BCUT2D eigenvalue weighted by atomic mass is 32.2. The highest BCUT2D eigenvalue weighted by Crippen LogP contribution is 2.19. The first-order valence-corrected chi connectivity index (χ1v) is 9.15. The van der Waals surface area contributed by atoms with Gasteiger partial charge in [0.25, 0.3) is 10.0 Å². The molecule has 0 saturated heterocycles. The lowest BCUT2D eigenvalue weighted by Gasteiger charge is -2.08. The van der Waals surface area contributed by atoms with Gasteiger partial charge < -0.3 is 5.32 Å². The van der Waals surface area contributed by atoms with Crippen LogP contribution in [-0.2, 0) is 16.6 Å². The third kappa shape index (κ3) is 4.05. The van der Waals surface area contributed by atoms with E-state index in [0.717, 1.165) is 22.6 Å². The molecule has 6 nitrogen and oxygen atoms in total. The number of anilines is 2. The van der Waals surface area contributed by atoms with E-state index in [1.807, 2.05) is 12.1 Å². The Morgan fingerprint density at radius 3 is 2.57 bits per heavy atom. The van der Waals surface area contributed by atoms with Crippen molar-refractivity contribution in [2.24, 2.45) is 0 Å². The molecule has 0 aliphatic heterocycles. The van der Waals surface area contributed by atoms with Gasteiger partial charge in [-0.25, -0.2) is 13.4 Å². The number of hydrogen-bond donors (Lipinski definition) is 2. The topological polar surface area (TPSA) is 84.0 Å². The number of hydrogen-bond acceptors (Lipinski definition) is 6. The van der Waals surface area contributed by atoms with Crippen molar-refractivity contribution < 1.29 is 8.42 Å². The molecule has 0 spiro atoms. The zero-order valence-corrected chi connectivity index (χ0v) is 13.6. The van der Waals surface area contributed by atoms with E-state index in [2.05, 4.69) is 20.0 Å². The Kier molecular flexibility index (Phi) is 4.54. The average Bonchev–Trinajstić information content (AvgIpc) is 3.10. The molecule has 3 aromatic heterocycles. The van der Waals surface area contributed by atoms with E-state index in [1.165, 1.54) is 0 Å². The molecule has 0 atom stereocenters. The van der Waals surface area contributed by atoms with E-state index in [0.29, 0.717) is 6.54 Å². The number of rotatable bonds is 6. The highest BCUT2D eigenvalue weighted by Gasteiger charge is 2.15. The summed E-state index contributed by atoms with van der Waals surface area (Å²) < 4.78 is 26.9. The minimum Gasteiger partial charge on any atom is -0.380 e. The van der Waals surface area contributed by atoms with Crippen molar-refractivity contribution in [2.75, 3.05) is 10.0 Å². The van der Waals surface area contributed by atoms with Gasteiger partial charge in [-0.1, -0.05) is 6.07 Å². The summed E-state index contributed by atoms with van der Waals surface area (Å²) in [6.45, 7) is 0.643. The van der Waals surface area contributed by atoms with Gasteiger partial charge in [-0.2, -0.15) is 0 Å². The van der Waals surface area contributed by atoms with Gasteiger partial charge in [-0.3, -0.25) is 9.71 Å². The maximum Gasteiger partial charge on any atom is 0.272 e. The number of aromatic nitrogens is 2. The summed E-state index contributed by atoms with van der Waals surface area (Å²) in [4.78, 5) is 8.09. The summed E-state index contributed by atoms with van der Waals surface area (Å²) in [5.41, 5.74) is 1.91. The standard InChI is InChI=1S/C15H14N4O2S2/c20-23(21,15-2-1-9-22-15)19-14-4-3-13(11-18-14)17-10-12-5-7-16-8-6-12/h1-9,11,17H,10H2,(H,18,19). The van der Waals surface area contributed by atoms with Crippen molar-refractivity contribution in [3.8, 4) is 0 Å². The molecule has 0 bridgehead atoms. The predicted octanol–water partition coefficient (Wildman–Crippen LogP) is 2.95. The van der Waals surface area contributed by atoms with Crippen LogP contribution < -0.4 is 10.0 Å². The molecule has 3 heterocycles. The van der Waals surface area contributed by atoms with Gasteiger partial charge in [0, 0.05) is 18.9 Å². The summed E-state index contributed by atoms with van der Waals surface area (Å²) in [5, 5.41) is 4.93. The van der Waals surface area contributed by atoms with Crippen LogP contribution in [0.1, 0.15) is 5.56 Å². The first-order valence-electron chi connectivity index (χ1n) is 6.79. The van der Waals surface area contributed by atoms with Crippen molar-refractivity contribution in [3.05, 3.63) is 65.9 Å². The fourth-order valence-corrected chi connectivity index (χ4v) is 3.87. The first kappa shape index (κ1) is 15.4. The van der Waals surface area contributed by atoms with Crippen molar-refractivity contribution in [1.82, 2.24) is 9.97 Å². The van der Waals surface area contributed by atoms with Gasteiger partial charge in [0.1, 0.15) is 10.0 Å². The van der Waals surface area contributed by atoms with Crippen LogP contribution in [0, 0.1) is 0 Å². The number of pyridine rings is 2. The normalized spacial score (nSPS) is 11.1. The highest BCUT2D eigenvalue weighted by molar-refractivity contribution is 7.94. The van der Waals surface area contributed by atoms with Crippen molar-refractivity contribution in [3.63, 3.8) is 0 Å². The molecule has 0 amide bonds. The molecule has 0 aromatic carbocycles. The Balaban J connectivity index is 1.63. The molecule has 0 unspecified atom stereocenters. The minimum absolute atomic E-state index is 0.263. The predicted molar refractivity (Wildman–Crippen MR) is 90.9 cm³/mol. The lowest BCUT2D eigenvalue weighted by atomic mass is 10.2. The summed E-state index contributed by atoms with van der Waals surface area (Å²) in [6.07, 6.45) is 5.06. The van der Waals surface area contributed by atoms with Gasteiger partial charge in [-0.05, 0) is 41.3 Å². The Bertz CT molecular complexity index is 848. The van der Waals surface area contributed by atoms with Gasteiger partial charge in [0.2, 0.25) is 0 Å². The maximum absolute atomic E-state index is 12.1. The molecule has 0 saturated carbocycles. The van der Waals surface area contributed by atoms with Gasteiger partial charge in [0.05, 0.1) is 11.9 Å². The monoisotopic (exact) mass is 346 g/mol. The summed E-state index contributed by atoms with van der Waals surface area (Å²) in [5.74, 6) is 0.285. The van der Waals surface area contributed by atoms with Crippen LogP contribution in [0.5, 0.6) is 0 Å². The molecule has 0 aliphatic carbocycles. The van der Waals surface area contributed by atoms with E-state index in [1.54, 1.807) is 48.2 Å². The molecule has 2 N–H and O–H groups in total. The average molecular weight is 346 g/mol. The van der Waals surface area contributed by atoms with Crippen LogP contribution in [0.25, 0.3) is 0 Å². The Labute approximate surface area is 138 Å². The Morgan fingerprint density at radius 1 is 1.09 bits per heavy atom. The first-order chi connectivity index (χ1) is 11.1. The Hall–Kier alpha value is -2.45. The van der Waals surface area contributed by atoms with E-state index in [9.17, 15) is 8.42 Å². The van der Waals surface area contributed by atoms with E-state index < -0.39 is 10.0 Å². The second-order valence-corrected chi connectivity index (χ2v) is 7.54. The smallest absolute Gasteiger partial charge is 0.272 e. The third-order valence-electron chi connectivity index (χ3n) is 3.01. The second kappa shape index (κ2) is 6.76. The van der Waals surface area contributed by atoms with Crippen LogP contribution in [0.15, 0.2) is 64.6 Å². The van der Waals surface area contributed by atoms with Crippen molar-refractivity contribution in [2.45, 2.75) is 10.8 Å². The fraction of sp³-hybridized carbons (Fsp3) is 0.0667. The SMILES string of the molecule is O=S(=O)(Nc1ccc(NCc2ccncc2)cn1)c1cccs1. The van der Waals surface area contributed by atoms with Crippen molar-refractivity contribution in [1.29, 1.82) is 0 Å². The third-order valence-corrected chi connectivity index (χ3v) is 5.76. The van der Waals surface area contributed by atoms with Crippen LogP contribution in [0.2, 0.25) is 0 Å². The summed E-state index contributed by atoms with van der Waals surface area (Å²) in [7, 11) is -3.56. The van der Waals surface area contributed by atoms with Crippen molar-refractivity contribution >= 4 is 32.9 Å². The van der Waals surface area contributed by atoms with Crippen LogP contribution >= 0.6 is 11.3 Å². The molecule has 118 valence electrons. The van der Waals surface area contributed by atoms with E-state index in [4.69, 9.17) is 0 Å². The quantitative estimate of drug-likeness (QED) is 0.717. The lowest BCUT2D eigenvalue weighted by Crippen LogP contribution is -2.12. The molecule has 3 rings (SSSR count). The van der Waals surface area contributed by atoms with Crippen LogP contribution in [0.3, 0.4) is 0 Å². The number of nitrogens with zero attached hydrogens (tertiary/aromatic N) is 2. The van der Waals surface area contributed by atoms with Crippen LogP contribution in [-0.4, -0.2) is 18.4 Å². The molecular formula is C15H14N4O2S2. The number of sulfonamides is 1. The number of nitrogens with one attached hydrogen (secondary N) is 2. The molecule has 3 aromatic rings. The molecule has 0 radical (unpaired) electrons. The largest absolute Gasteiger partial charge is 0.380 e. The zero-order valence-electron chi connectivity index (χ0n) is 12.0. The summed E-state index contributed by atoms with van der Waals surface area (Å²) in [6, 6.07) is 10.5. The van der Waals surface area contributed by atoms with E-state index >= 15 is 0 Å². The minimum atomic E-state index is -3.56. The van der Waals surface area contributed by atoms with E-state index in [-0.39, 0.29) is 10.0 Å². The second-order valence-electron chi connectivity index (χ2n) is 4.68. The molecule has 23 heavy (non-hydrogen) atoms. The fourth-order valence-electron chi connectivity index (χ4n) is 1.87. The van der Waals surface area contributed by atoms with Gasteiger partial charge in [-0.15, -0.1) is 11.3 Å². The zero-order chi connectivity index (χ0) is 16.1. The molecular weight excluding hydrogens is 332 g/mol. The molecule has 8 heteroatoms. The maximum atomic E-state index is 12.1. The molecule has 0 aliphatic rings. The lowest BCUT2D eigenvalue weighted by molar-refractivity contribution is 0.603. The summed E-state index contributed by atoms with van der Waals surface area (Å²) >= 11 is 1.16. The molecule has 0 fully saturated rings.